The van der Waals surface area contributed by atoms with Crippen LogP contribution in [0.1, 0.15) is 96.8 Å². The number of carbonyl (C=O) groups excluding carboxylic acids is 1. The first-order valence-corrected chi connectivity index (χ1v) is 11.0. The van der Waals surface area contributed by atoms with Crippen molar-refractivity contribution in [1.82, 2.24) is 10.2 Å². The number of amides is 1. The van der Waals surface area contributed by atoms with Gasteiger partial charge in [0.25, 0.3) is 0 Å². The van der Waals surface area contributed by atoms with Gasteiger partial charge in [-0.1, -0.05) is 84.0 Å². The van der Waals surface area contributed by atoms with E-state index >= 15 is 0 Å². The van der Waals surface area contributed by atoms with Gasteiger partial charge in [-0.25, -0.2) is 0 Å². The van der Waals surface area contributed by atoms with Gasteiger partial charge >= 0.3 is 0 Å². The molecule has 0 saturated carbocycles. The summed E-state index contributed by atoms with van der Waals surface area (Å²) in [6.07, 6.45) is 18.2. The van der Waals surface area contributed by atoms with E-state index < -0.39 is 0 Å². The molecule has 1 atom stereocenters. The SMILES string of the molecule is CCCCCCCCCCCCCCC(CC(N)=O)N1CCNCC1. The summed E-state index contributed by atoms with van der Waals surface area (Å²) in [7, 11) is 0. The Bertz CT molecular complexity index is 316. The summed E-state index contributed by atoms with van der Waals surface area (Å²) in [6, 6.07) is 0.364. The molecule has 0 bridgehead atoms. The van der Waals surface area contributed by atoms with Crippen LogP contribution in [0, 0.1) is 0 Å². The molecule has 1 amide bonds. The van der Waals surface area contributed by atoms with Gasteiger partial charge in [0, 0.05) is 38.6 Å². The molecule has 0 spiro atoms. The van der Waals surface area contributed by atoms with E-state index in [1.807, 2.05) is 0 Å². The van der Waals surface area contributed by atoms with Gasteiger partial charge < -0.3 is 11.1 Å². The second kappa shape index (κ2) is 15.6. The number of nitrogens with two attached hydrogens (primary N) is 1. The van der Waals surface area contributed by atoms with Crippen LogP contribution >= 0.6 is 0 Å². The number of unbranched alkanes of at least 4 members (excludes halogenated alkanes) is 11. The van der Waals surface area contributed by atoms with Crippen molar-refractivity contribution < 1.29 is 4.79 Å². The molecule has 1 aliphatic heterocycles. The van der Waals surface area contributed by atoms with E-state index in [0.29, 0.717) is 12.5 Å². The maximum atomic E-state index is 11.4. The van der Waals surface area contributed by atoms with Crippen molar-refractivity contribution >= 4 is 5.91 Å². The third-order valence-electron chi connectivity index (χ3n) is 5.50. The lowest BCUT2D eigenvalue weighted by molar-refractivity contribution is -0.119. The van der Waals surface area contributed by atoms with Gasteiger partial charge in [-0.15, -0.1) is 0 Å². The number of nitrogens with zero attached hydrogens (tertiary/aromatic N) is 1. The Balaban J connectivity index is 1.97. The molecule has 148 valence electrons. The minimum atomic E-state index is -0.150. The van der Waals surface area contributed by atoms with E-state index in [1.54, 1.807) is 0 Å². The van der Waals surface area contributed by atoms with Gasteiger partial charge in [0.05, 0.1) is 0 Å². The molecule has 1 fully saturated rings. The largest absolute Gasteiger partial charge is 0.370 e. The molecule has 1 aliphatic rings. The van der Waals surface area contributed by atoms with Crippen LogP contribution in [-0.2, 0) is 4.79 Å². The van der Waals surface area contributed by atoms with Gasteiger partial charge in [-0.2, -0.15) is 0 Å². The molecule has 1 heterocycles. The Morgan fingerprint density at radius 3 is 1.84 bits per heavy atom. The molecule has 0 aromatic carbocycles. The van der Waals surface area contributed by atoms with Gasteiger partial charge in [0.15, 0.2) is 0 Å². The monoisotopic (exact) mass is 353 g/mol. The number of rotatable bonds is 16. The van der Waals surface area contributed by atoms with E-state index in [1.165, 1.54) is 77.0 Å². The van der Waals surface area contributed by atoms with Crippen LogP contribution in [-0.4, -0.2) is 43.0 Å². The molecular formula is C21H43N3O. The summed E-state index contributed by atoms with van der Waals surface area (Å²) in [5.74, 6) is -0.150. The second-order valence-electron chi connectivity index (χ2n) is 7.79. The van der Waals surface area contributed by atoms with E-state index in [2.05, 4.69) is 17.1 Å². The maximum Gasteiger partial charge on any atom is 0.218 e. The Morgan fingerprint density at radius 2 is 1.36 bits per heavy atom. The molecule has 0 radical (unpaired) electrons. The van der Waals surface area contributed by atoms with Gasteiger partial charge in [-0.3, -0.25) is 9.69 Å². The maximum absolute atomic E-state index is 11.4. The molecule has 3 N–H and O–H groups in total. The van der Waals surface area contributed by atoms with Crippen LogP contribution in [0.25, 0.3) is 0 Å². The minimum Gasteiger partial charge on any atom is -0.370 e. The molecular weight excluding hydrogens is 310 g/mol. The molecule has 1 saturated heterocycles. The summed E-state index contributed by atoms with van der Waals surface area (Å²) in [6.45, 7) is 6.45. The van der Waals surface area contributed by atoms with Crippen LogP contribution in [0.2, 0.25) is 0 Å². The number of primary amides is 1. The molecule has 0 aromatic rings. The zero-order valence-electron chi connectivity index (χ0n) is 16.7. The van der Waals surface area contributed by atoms with Crippen LogP contribution in [0.4, 0.5) is 0 Å². The van der Waals surface area contributed by atoms with Crippen molar-refractivity contribution in [2.45, 2.75) is 103 Å². The number of nitrogens with one attached hydrogen (secondary N) is 1. The van der Waals surface area contributed by atoms with Crippen molar-refractivity contribution in [3.8, 4) is 0 Å². The number of piperazine rings is 1. The lowest BCUT2D eigenvalue weighted by Gasteiger charge is -2.34. The quantitative estimate of drug-likeness (QED) is 0.408. The minimum absolute atomic E-state index is 0.150. The van der Waals surface area contributed by atoms with Gasteiger partial charge in [-0.05, 0) is 6.42 Å². The predicted molar refractivity (Wildman–Crippen MR) is 108 cm³/mol. The van der Waals surface area contributed by atoms with Gasteiger partial charge in [0.2, 0.25) is 5.91 Å². The smallest absolute Gasteiger partial charge is 0.218 e. The Morgan fingerprint density at radius 1 is 0.880 bits per heavy atom. The van der Waals surface area contributed by atoms with Crippen LogP contribution in [0.15, 0.2) is 0 Å². The zero-order valence-corrected chi connectivity index (χ0v) is 16.7. The first-order valence-electron chi connectivity index (χ1n) is 11.0. The fraction of sp³-hybridized carbons (Fsp3) is 0.952. The molecule has 4 heteroatoms. The third-order valence-corrected chi connectivity index (χ3v) is 5.50. The normalized spacial score (nSPS) is 16.8. The van der Waals surface area contributed by atoms with Crippen LogP contribution < -0.4 is 11.1 Å². The number of carbonyl (C=O) groups is 1. The van der Waals surface area contributed by atoms with Crippen molar-refractivity contribution in [1.29, 1.82) is 0 Å². The summed E-state index contributed by atoms with van der Waals surface area (Å²) in [4.78, 5) is 13.8. The third kappa shape index (κ3) is 12.4. The molecule has 1 unspecified atom stereocenters. The van der Waals surface area contributed by atoms with Crippen LogP contribution in [0.3, 0.4) is 0 Å². The molecule has 4 nitrogen and oxygen atoms in total. The summed E-state index contributed by atoms with van der Waals surface area (Å²) in [5, 5.41) is 3.38. The first-order chi connectivity index (χ1) is 12.2. The summed E-state index contributed by atoms with van der Waals surface area (Å²) in [5.41, 5.74) is 5.46. The highest BCUT2D eigenvalue weighted by atomic mass is 16.1. The highest BCUT2D eigenvalue weighted by Crippen LogP contribution is 2.16. The van der Waals surface area contributed by atoms with E-state index in [4.69, 9.17) is 5.73 Å². The van der Waals surface area contributed by atoms with Crippen LogP contribution in [0.5, 0.6) is 0 Å². The molecule has 0 aliphatic carbocycles. The highest BCUT2D eigenvalue weighted by Gasteiger charge is 2.21. The standard InChI is InChI=1S/C21H43N3O/c1-2-3-4-5-6-7-8-9-10-11-12-13-14-20(19-21(22)25)24-17-15-23-16-18-24/h20,23H,2-19H2,1H3,(H2,22,25). The van der Waals surface area contributed by atoms with E-state index in [9.17, 15) is 4.79 Å². The molecule has 25 heavy (non-hydrogen) atoms. The van der Waals surface area contributed by atoms with Crippen molar-refractivity contribution in [3.05, 3.63) is 0 Å². The first kappa shape index (κ1) is 22.4. The average Bonchev–Trinajstić information content (AvgIpc) is 2.62. The fourth-order valence-corrected chi connectivity index (χ4v) is 3.91. The van der Waals surface area contributed by atoms with Crippen molar-refractivity contribution in [3.63, 3.8) is 0 Å². The van der Waals surface area contributed by atoms with Crippen molar-refractivity contribution in [2.75, 3.05) is 26.2 Å². The van der Waals surface area contributed by atoms with E-state index in [-0.39, 0.29) is 5.91 Å². The van der Waals surface area contributed by atoms with Gasteiger partial charge in [0.1, 0.15) is 0 Å². The number of hydrogen-bond donors (Lipinski definition) is 2. The second-order valence-corrected chi connectivity index (χ2v) is 7.79. The Labute approximate surface area is 156 Å². The number of hydrogen-bond acceptors (Lipinski definition) is 3. The summed E-state index contributed by atoms with van der Waals surface area (Å²) >= 11 is 0. The predicted octanol–water partition coefficient (Wildman–Crippen LogP) is 4.23. The van der Waals surface area contributed by atoms with E-state index in [0.717, 1.165) is 32.6 Å². The highest BCUT2D eigenvalue weighted by molar-refractivity contribution is 5.74. The van der Waals surface area contributed by atoms with Crippen molar-refractivity contribution in [2.24, 2.45) is 5.73 Å². The Hall–Kier alpha value is -0.610. The topological polar surface area (TPSA) is 58.4 Å². The zero-order chi connectivity index (χ0) is 18.2. The Kier molecular flexibility index (Phi) is 14.0. The average molecular weight is 354 g/mol. The summed E-state index contributed by atoms with van der Waals surface area (Å²) < 4.78 is 0. The molecule has 1 rings (SSSR count). The lowest BCUT2D eigenvalue weighted by Crippen LogP contribution is -2.49. The lowest BCUT2D eigenvalue weighted by atomic mass is 10.0. The molecule has 0 aromatic heterocycles. The fourth-order valence-electron chi connectivity index (χ4n) is 3.91.